The van der Waals surface area contributed by atoms with Crippen molar-refractivity contribution in [2.45, 2.75) is 71.4 Å². The van der Waals surface area contributed by atoms with Crippen LogP contribution in [0.15, 0.2) is 0 Å². The summed E-state index contributed by atoms with van der Waals surface area (Å²) in [5, 5.41) is 10.3. The molecular formula is C16H31NO. The zero-order chi connectivity index (χ0) is 13.1. The molecule has 106 valence electrons. The first kappa shape index (κ1) is 14.3. The summed E-state index contributed by atoms with van der Waals surface area (Å²) in [7, 11) is 0. The van der Waals surface area contributed by atoms with E-state index in [1.54, 1.807) is 0 Å². The maximum atomic E-state index is 10.3. The van der Waals surface area contributed by atoms with E-state index in [1.165, 1.54) is 45.2 Å². The van der Waals surface area contributed by atoms with Crippen molar-refractivity contribution < 1.29 is 5.11 Å². The van der Waals surface area contributed by atoms with Crippen LogP contribution in [0.2, 0.25) is 0 Å². The van der Waals surface area contributed by atoms with Crippen molar-refractivity contribution >= 4 is 0 Å². The molecule has 0 spiro atoms. The van der Waals surface area contributed by atoms with Crippen molar-refractivity contribution in [2.75, 3.05) is 13.1 Å². The quantitative estimate of drug-likeness (QED) is 0.831. The molecule has 1 aliphatic heterocycles. The number of aliphatic hydroxyl groups excluding tert-OH is 1. The lowest BCUT2D eigenvalue weighted by Gasteiger charge is -2.40. The van der Waals surface area contributed by atoms with Gasteiger partial charge in [0, 0.05) is 12.6 Å². The van der Waals surface area contributed by atoms with Crippen LogP contribution in [0.3, 0.4) is 0 Å². The molecule has 1 aliphatic carbocycles. The molecule has 0 aromatic heterocycles. The molecule has 0 bridgehead atoms. The van der Waals surface area contributed by atoms with Gasteiger partial charge in [-0.25, -0.2) is 0 Å². The monoisotopic (exact) mass is 253 g/mol. The second kappa shape index (κ2) is 6.38. The summed E-state index contributed by atoms with van der Waals surface area (Å²) in [4.78, 5) is 2.60. The van der Waals surface area contributed by atoms with Crippen LogP contribution in [0.25, 0.3) is 0 Å². The summed E-state index contributed by atoms with van der Waals surface area (Å²) in [6, 6.07) is 0.452. The lowest BCUT2D eigenvalue weighted by atomic mass is 9.77. The van der Waals surface area contributed by atoms with E-state index in [2.05, 4.69) is 25.7 Å². The number of aliphatic hydroxyl groups is 1. The summed E-state index contributed by atoms with van der Waals surface area (Å²) in [6.07, 6.45) is 7.42. The lowest BCUT2D eigenvalue weighted by molar-refractivity contribution is 0.00361. The van der Waals surface area contributed by atoms with Crippen LogP contribution in [-0.4, -0.2) is 35.2 Å². The fourth-order valence-electron chi connectivity index (χ4n) is 3.97. The van der Waals surface area contributed by atoms with Crippen LogP contribution in [0.5, 0.6) is 0 Å². The highest BCUT2D eigenvalue weighted by Crippen LogP contribution is 2.35. The second-order valence-corrected chi connectivity index (χ2v) is 6.89. The van der Waals surface area contributed by atoms with E-state index in [4.69, 9.17) is 0 Å². The molecule has 2 heteroatoms. The Morgan fingerprint density at radius 1 is 1.22 bits per heavy atom. The molecule has 4 atom stereocenters. The van der Waals surface area contributed by atoms with Crippen LogP contribution >= 0.6 is 0 Å². The maximum absolute atomic E-state index is 10.3. The molecule has 18 heavy (non-hydrogen) atoms. The summed E-state index contributed by atoms with van der Waals surface area (Å²) in [5.41, 5.74) is 0. The van der Waals surface area contributed by atoms with Gasteiger partial charge < -0.3 is 5.11 Å². The first-order valence-electron chi connectivity index (χ1n) is 8.04. The Bertz CT molecular complexity index is 253. The first-order chi connectivity index (χ1) is 8.61. The number of rotatable bonds is 4. The Morgan fingerprint density at radius 3 is 2.67 bits per heavy atom. The molecule has 2 nitrogen and oxygen atoms in total. The molecular weight excluding hydrogens is 222 g/mol. The smallest absolute Gasteiger partial charge is 0.0695 e. The van der Waals surface area contributed by atoms with Crippen LogP contribution in [-0.2, 0) is 0 Å². The van der Waals surface area contributed by atoms with E-state index in [-0.39, 0.29) is 6.10 Å². The normalized spacial score (nSPS) is 38.5. The maximum Gasteiger partial charge on any atom is 0.0695 e. The van der Waals surface area contributed by atoms with Crippen LogP contribution < -0.4 is 0 Å². The molecule has 1 heterocycles. The average molecular weight is 253 g/mol. The van der Waals surface area contributed by atoms with E-state index in [0.717, 1.165) is 24.2 Å². The molecule has 1 N–H and O–H groups in total. The molecule has 2 fully saturated rings. The zero-order valence-corrected chi connectivity index (χ0v) is 12.4. The van der Waals surface area contributed by atoms with Gasteiger partial charge in [-0.05, 0) is 56.4 Å². The zero-order valence-electron chi connectivity index (χ0n) is 12.4. The molecule has 4 unspecified atom stereocenters. The van der Waals surface area contributed by atoms with Gasteiger partial charge in [-0.2, -0.15) is 0 Å². The minimum atomic E-state index is -0.0691. The summed E-state index contributed by atoms with van der Waals surface area (Å²) < 4.78 is 0. The fourth-order valence-corrected chi connectivity index (χ4v) is 3.97. The minimum absolute atomic E-state index is 0.0691. The van der Waals surface area contributed by atoms with Crippen molar-refractivity contribution in [2.24, 2.45) is 17.8 Å². The van der Waals surface area contributed by atoms with Crippen molar-refractivity contribution in [3.05, 3.63) is 0 Å². The second-order valence-electron chi connectivity index (χ2n) is 6.89. The Balaban J connectivity index is 1.90. The highest BCUT2D eigenvalue weighted by molar-refractivity contribution is 4.91. The van der Waals surface area contributed by atoms with Crippen LogP contribution in [0, 0.1) is 17.8 Å². The molecule has 2 rings (SSSR count). The van der Waals surface area contributed by atoms with Gasteiger partial charge in [0.15, 0.2) is 0 Å². The largest absolute Gasteiger partial charge is 0.391 e. The lowest BCUT2D eigenvalue weighted by Crippen LogP contribution is -2.47. The van der Waals surface area contributed by atoms with Gasteiger partial charge in [0.1, 0.15) is 0 Å². The Hall–Kier alpha value is -0.0800. The van der Waals surface area contributed by atoms with Gasteiger partial charge in [-0.3, -0.25) is 4.90 Å². The van der Waals surface area contributed by atoms with Crippen molar-refractivity contribution in [3.8, 4) is 0 Å². The molecule has 1 saturated carbocycles. The first-order valence-corrected chi connectivity index (χ1v) is 8.04. The predicted octanol–water partition coefficient (Wildman–Crippen LogP) is 3.29. The number of likely N-dealkylation sites (tertiary alicyclic amines) is 1. The molecule has 1 saturated heterocycles. The van der Waals surface area contributed by atoms with Crippen molar-refractivity contribution in [1.29, 1.82) is 0 Å². The van der Waals surface area contributed by atoms with Crippen molar-refractivity contribution in [3.63, 3.8) is 0 Å². The third-order valence-electron chi connectivity index (χ3n) is 5.25. The van der Waals surface area contributed by atoms with E-state index in [1.807, 2.05) is 0 Å². The van der Waals surface area contributed by atoms with Gasteiger partial charge in [0.2, 0.25) is 0 Å². The van der Waals surface area contributed by atoms with Gasteiger partial charge in [-0.1, -0.05) is 27.2 Å². The molecule has 0 aromatic carbocycles. The number of hydrogen-bond donors (Lipinski definition) is 1. The summed E-state index contributed by atoms with van der Waals surface area (Å²) in [6.45, 7) is 9.41. The average Bonchev–Trinajstić information content (AvgIpc) is 2.78. The summed E-state index contributed by atoms with van der Waals surface area (Å²) >= 11 is 0. The highest BCUT2D eigenvalue weighted by atomic mass is 16.3. The van der Waals surface area contributed by atoms with Gasteiger partial charge in [0.25, 0.3) is 0 Å². The van der Waals surface area contributed by atoms with Gasteiger partial charge >= 0.3 is 0 Å². The van der Waals surface area contributed by atoms with E-state index < -0.39 is 0 Å². The Labute approximate surface area is 113 Å². The topological polar surface area (TPSA) is 23.5 Å². The number of nitrogens with zero attached hydrogens (tertiary/aromatic N) is 1. The van der Waals surface area contributed by atoms with Gasteiger partial charge in [-0.15, -0.1) is 0 Å². The van der Waals surface area contributed by atoms with E-state index in [0.29, 0.717) is 6.04 Å². The third kappa shape index (κ3) is 3.27. The summed E-state index contributed by atoms with van der Waals surface area (Å²) in [5.74, 6) is 2.49. The van der Waals surface area contributed by atoms with Crippen molar-refractivity contribution in [1.82, 2.24) is 4.90 Å². The standard InChI is InChI=1S/C16H31NO/c1-4-5-13-8-9-17(11-13)15-10-14(12(2)3)6-7-16(15)18/h12-16,18H,4-11H2,1-3H3. The van der Waals surface area contributed by atoms with Gasteiger partial charge in [0.05, 0.1) is 6.10 Å². The molecule has 0 radical (unpaired) electrons. The van der Waals surface area contributed by atoms with Crippen LogP contribution in [0.4, 0.5) is 0 Å². The highest BCUT2D eigenvalue weighted by Gasteiger charge is 2.37. The molecule has 2 aliphatic rings. The minimum Gasteiger partial charge on any atom is -0.391 e. The van der Waals surface area contributed by atoms with E-state index >= 15 is 0 Å². The predicted molar refractivity (Wildman–Crippen MR) is 76.6 cm³/mol. The number of hydrogen-bond acceptors (Lipinski definition) is 2. The van der Waals surface area contributed by atoms with E-state index in [9.17, 15) is 5.11 Å². The fraction of sp³-hybridized carbons (Fsp3) is 1.00. The molecule has 0 aromatic rings. The third-order valence-corrected chi connectivity index (χ3v) is 5.25. The SMILES string of the molecule is CCCC1CCN(C2CC(C(C)C)CCC2O)C1. The Kier molecular flexibility index (Phi) is 5.08. The Morgan fingerprint density at radius 2 is 2.00 bits per heavy atom. The molecule has 0 amide bonds. The van der Waals surface area contributed by atoms with Crippen LogP contribution in [0.1, 0.15) is 59.3 Å².